The number of halogens is 1. The van der Waals surface area contributed by atoms with Crippen LogP contribution in [0.3, 0.4) is 0 Å². The minimum atomic E-state index is -3.91. The average molecular weight is 310 g/mol. The maximum Gasteiger partial charge on any atom is 0.241 e. The number of rotatable bonds is 5. The lowest BCUT2D eigenvalue weighted by Gasteiger charge is -2.10. The zero-order chi connectivity index (χ0) is 15.5. The number of benzene rings is 1. The quantitative estimate of drug-likeness (QED) is 0.877. The van der Waals surface area contributed by atoms with Crippen LogP contribution in [0.1, 0.15) is 16.8 Å². The fraction of sp³-hybridized carbons (Fsp3) is 0.214. The van der Waals surface area contributed by atoms with Crippen LogP contribution in [0.4, 0.5) is 4.39 Å². The first-order chi connectivity index (χ1) is 9.92. The predicted molar refractivity (Wildman–Crippen MR) is 75.3 cm³/mol. The van der Waals surface area contributed by atoms with E-state index in [1.165, 1.54) is 6.07 Å². The molecule has 0 spiro atoms. The Labute approximate surface area is 122 Å². The van der Waals surface area contributed by atoms with Crippen molar-refractivity contribution in [1.29, 1.82) is 0 Å². The highest BCUT2D eigenvalue weighted by atomic mass is 32.2. The number of nitrogens with one attached hydrogen (secondary N) is 1. The fourth-order valence-electron chi connectivity index (χ4n) is 1.77. The average Bonchev–Trinajstić information content (AvgIpc) is 2.47. The zero-order valence-electron chi connectivity index (χ0n) is 11.4. The van der Waals surface area contributed by atoms with Crippen molar-refractivity contribution in [3.63, 3.8) is 0 Å². The van der Waals surface area contributed by atoms with E-state index >= 15 is 0 Å². The van der Waals surface area contributed by atoms with Gasteiger partial charge in [0, 0.05) is 18.4 Å². The van der Waals surface area contributed by atoms with Gasteiger partial charge in [-0.3, -0.25) is 4.98 Å². The van der Waals surface area contributed by atoms with Gasteiger partial charge in [0.25, 0.3) is 0 Å². The molecule has 2 N–H and O–H groups in total. The highest BCUT2D eigenvalue weighted by Gasteiger charge is 2.18. The van der Waals surface area contributed by atoms with Crippen LogP contribution >= 0.6 is 0 Å². The monoisotopic (exact) mass is 310 g/mol. The second-order valence-electron chi connectivity index (χ2n) is 4.54. The van der Waals surface area contributed by atoms with E-state index in [1.54, 1.807) is 18.3 Å². The van der Waals surface area contributed by atoms with Gasteiger partial charge >= 0.3 is 0 Å². The van der Waals surface area contributed by atoms with Gasteiger partial charge < -0.3 is 5.11 Å². The first-order valence-corrected chi connectivity index (χ1v) is 7.71. The predicted octanol–water partition coefficient (Wildman–Crippen LogP) is 1.50. The molecule has 21 heavy (non-hydrogen) atoms. The highest BCUT2D eigenvalue weighted by Crippen LogP contribution is 2.17. The summed E-state index contributed by atoms with van der Waals surface area (Å²) in [5, 5.41) is 9.16. The van der Waals surface area contributed by atoms with Crippen LogP contribution in [0.25, 0.3) is 0 Å². The molecular formula is C14H15FN2O3S. The van der Waals surface area contributed by atoms with Gasteiger partial charge in [-0.25, -0.2) is 17.5 Å². The number of sulfonamides is 1. The van der Waals surface area contributed by atoms with Gasteiger partial charge in [-0.05, 0) is 36.2 Å². The van der Waals surface area contributed by atoms with Gasteiger partial charge in [-0.15, -0.1) is 0 Å². The van der Waals surface area contributed by atoms with Gasteiger partial charge in [-0.1, -0.05) is 12.1 Å². The molecule has 0 saturated carbocycles. The first-order valence-electron chi connectivity index (χ1n) is 6.23. The number of hydrogen-bond donors (Lipinski definition) is 2. The smallest absolute Gasteiger partial charge is 0.241 e. The molecule has 0 atom stereocenters. The largest absolute Gasteiger partial charge is 0.392 e. The molecule has 0 saturated heterocycles. The summed E-state index contributed by atoms with van der Waals surface area (Å²) in [5.41, 5.74) is 1.66. The molecule has 0 aliphatic carbocycles. The molecule has 112 valence electrons. The number of aliphatic hydroxyl groups is 1. The molecule has 0 radical (unpaired) electrons. The Kier molecular flexibility index (Phi) is 4.66. The molecule has 0 bridgehead atoms. The highest BCUT2D eigenvalue weighted by molar-refractivity contribution is 7.89. The van der Waals surface area contributed by atoms with E-state index in [2.05, 4.69) is 9.71 Å². The summed E-state index contributed by atoms with van der Waals surface area (Å²) >= 11 is 0. The van der Waals surface area contributed by atoms with E-state index in [4.69, 9.17) is 5.11 Å². The number of pyridine rings is 1. The topological polar surface area (TPSA) is 79.3 Å². The van der Waals surface area contributed by atoms with Gasteiger partial charge in [0.2, 0.25) is 10.0 Å². The molecule has 1 heterocycles. The van der Waals surface area contributed by atoms with Crippen molar-refractivity contribution in [3.05, 3.63) is 59.2 Å². The number of aliphatic hydroxyl groups excluding tert-OH is 1. The van der Waals surface area contributed by atoms with E-state index in [9.17, 15) is 12.8 Å². The minimum absolute atomic E-state index is 0.0387. The van der Waals surface area contributed by atoms with Crippen LogP contribution in [0.15, 0.2) is 41.4 Å². The van der Waals surface area contributed by atoms with Gasteiger partial charge in [-0.2, -0.15) is 0 Å². The van der Waals surface area contributed by atoms with Crippen molar-refractivity contribution >= 4 is 10.0 Å². The van der Waals surface area contributed by atoms with Crippen molar-refractivity contribution in [1.82, 2.24) is 9.71 Å². The molecular weight excluding hydrogens is 295 g/mol. The van der Waals surface area contributed by atoms with Gasteiger partial charge in [0.05, 0.1) is 11.5 Å². The first kappa shape index (κ1) is 15.6. The molecule has 7 heteroatoms. The Bertz CT molecular complexity index is 730. The van der Waals surface area contributed by atoms with Crippen molar-refractivity contribution in [3.8, 4) is 0 Å². The summed E-state index contributed by atoms with van der Waals surface area (Å²) in [5.74, 6) is -0.676. The SMILES string of the molecule is Cc1ccc(CNS(=O)(=O)c2cc(F)ccc2CO)cn1. The third-order valence-electron chi connectivity index (χ3n) is 2.93. The lowest BCUT2D eigenvalue weighted by atomic mass is 10.2. The van der Waals surface area contributed by atoms with Crippen LogP contribution in [0.2, 0.25) is 0 Å². The summed E-state index contributed by atoms with van der Waals surface area (Å²) in [4.78, 5) is 3.81. The third kappa shape index (κ3) is 3.84. The molecule has 0 fully saturated rings. The second-order valence-corrected chi connectivity index (χ2v) is 6.28. The molecule has 0 amide bonds. The van der Waals surface area contributed by atoms with Crippen molar-refractivity contribution in [2.45, 2.75) is 25.0 Å². The Morgan fingerprint density at radius 3 is 2.67 bits per heavy atom. The van der Waals surface area contributed by atoms with Crippen LogP contribution < -0.4 is 4.72 Å². The van der Waals surface area contributed by atoms with Crippen LogP contribution in [-0.2, 0) is 23.2 Å². The van der Waals surface area contributed by atoms with E-state index in [0.29, 0.717) is 5.56 Å². The Hall–Kier alpha value is -1.83. The lowest BCUT2D eigenvalue weighted by Crippen LogP contribution is -2.24. The minimum Gasteiger partial charge on any atom is -0.392 e. The van der Waals surface area contributed by atoms with Gasteiger partial charge in [0.1, 0.15) is 5.82 Å². The molecule has 0 unspecified atom stereocenters. The third-order valence-corrected chi connectivity index (χ3v) is 4.41. The summed E-state index contributed by atoms with van der Waals surface area (Å²) in [6.07, 6.45) is 1.57. The molecule has 1 aromatic heterocycles. The number of aryl methyl sites for hydroxylation is 1. The molecule has 5 nitrogen and oxygen atoms in total. The zero-order valence-corrected chi connectivity index (χ0v) is 12.2. The van der Waals surface area contributed by atoms with E-state index in [0.717, 1.165) is 17.8 Å². The van der Waals surface area contributed by atoms with E-state index < -0.39 is 22.4 Å². The molecule has 2 rings (SSSR count). The Morgan fingerprint density at radius 1 is 1.29 bits per heavy atom. The maximum absolute atomic E-state index is 13.2. The van der Waals surface area contributed by atoms with Gasteiger partial charge in [0.15, 0.2) is 0 Å². The van der Waals surface area contributed by atoms with E-state index in [-0.39, 0.29) is 17.0 Å². The summed E-state index contributed by atoms with van der Waals surface area (Å²) in [7, 11) is -3.91. The molecule has 1 aromatic carbocycles. The van der Waals surface area contributed by atoms with Crippen LogP contribution in [-0.4, -0.2) is 18.5 Å². The van der Waals surface area contributed by atoms with Crippen molar-refractivity contribution in [2.75, 3.05) is 0 Å². The maximum atomic E-state index is 13.2. The Balaban J connectivity index is 2.22. The summed E-state index contributed by atoms with van der Waals surface area (Å²) in [6, 6.07) is 6.77. The normalized spacial score (nSPS) is 11.6. The second kappa shape index (κ2) is 6.30. The molecule has 0 aliphatic rings. The number of nitrogens with zero attached hydrogens (tertiary/aromatic N) is 1. The van der Waals surface area contributed by atoms with E-state index in [1.807, 2.05) is 6.92 Å². The molecule has 0 aliphatic heterocycles. The van der Waals surface area contributed by atoms with Crippen molar-refractivity contribution < 1.29 is 17.9 Å². The van der Waals surface area contributed by atoms with Crippen LogP contribution in [0.5, 0.6) is 0 Å². The molecule has 2 aromatic rings. The number of aromatic nitrogens is 1. The number of hydrogen-bond acceptors (Lipinski definition) is 4. The Morgan fingerprint density at radius 2 is 2.05 bits per heavy atom. The van der Waals surface area contributed by atoms with Crippen LogP contribution in [0, 0.1) is 12.7 Å². The fourth-order valence-corrected chi connectivity index (χ4v) is 3.03. The summed E-state index contributed by atoms with van der Waals surface area (Å²) < 4.78 is 40.0. The standard InChI is InChI=1S/C14H15FN2O3S/c1-10-2-3-11(7-16-10)8-17-21(19,20)14-6-13(15)5-4-12(14)9-18/h2-7,17-18H,8-9H2,1H3. The lowest BCUT2D eigenvalue weighted by molar-refractivity contribution is 0.278. The van der Waals surface area contributed by atoms with Crippen molar-refractivity contribution in [2.24, 2.45) is 0 Å². The summed E-state index contributed by atoms with van der Waals surface area (Å²) in [6.45, 7) is 1.38.